The molecule has 0 radical (unpaired) electrons. The molecule has 1 aromatic carbocycles. The van der Waals surface area contributed by atoms with Gasteiger partial charge in [-0.25, -0.2) is 0 Å². The summed E-state index contributed by atoms with van der Waals surface area (Å²) < 4.78 is 32.3. The molecule has 0 aliphatic heterocycles. The molecule has 4 heteroatoms. The van der Waals surface area contributed by atoms with Crippen LogP contribution < -0.4 is 0 Å². The van der Waals surface area contributed by atoms with Crippen molar-refractivity contribution in [2.45, 2.75) is 96.3 Å². The van der Waals surface area contributed by atoms with Gasteiger partial charge in [-0.05, 0) is 37.3 Å². The predicted octanol–water partition coefficient (Wildman–Crippen LogP) is 6.34. The van der Waals surface area contributed by atoms with E-state index in [0.29, 0.717) is 6.42 Å². The monoisotopic (exact) mass is 368 g/mol. The second-order valence-corrected chi connectivity index (χ2v) is 8.88. The first-order chi connectivity index (χ1) is 11.8. The molecule has 0 amide bonds. The average Bonchev–Trinajstić information content (AvgIpc) is 2.53. The first kappa shape index (κ1) is 22.2. The van der Waals surface area contributed by atoms with Crippen molar-refractivity contribution in [2.24, 2.45) is 5.92 Å². The molecule has 0 aliphatic carbocycles. The van der Waals surface area contributed by atoms with Crippen LogP contribution in [0.25, 0.3) is 0 Å². The molecule has 1 aromatic rings. The van der Waals surface area contributed by atoms with Gasteiger partial charge in [-0.15, -0.1) is 0 Å². The second-order valence-electron chi connectivity index (χ2n) is 7.49. The average molecular weight is 369 g/mol. The molecule has 1 atom stereocenters. The Kier molecular flexibility index (Phi) is 10.4. The van der Waals surface area contributed by atoms with E-state index in [-0.39, 0.29) is 4.90 Å². The number of aryl methyl sites for hydroxylation is 2. The minimum absolute atomic E-state index is 0.0683. The van der Waals surface area contributed by atoms with Gasteiger partial charge in [-0.3, -0.25) is 4.55 Å². The van der Waals surface area contributed by atoms with Crippen LogP contribution >= 0.6 is 0 Å². The molecular weight excluding hydrogens is 332 g/mol. The first-order valence-corrected chi connectivity index (χ1v) is 11.4. The first-order valence-electron chi connectivity index (χ1n) is 9.91. The van der Waals surface area contributed by atoms with Gasteiger partial charge in [-0.1, -0.05) is 89.3 Å². The van der Waals surface area contributed by atoms with E-state index >= 15 is 0 Å². The fourth-order valence-corrected chi connectivity index (χ4v) is 4.11. The molecule has 0 aliphatic rings. The summed E-state index contributed by atoms with van der Waals surface area (Å²) in [6.45, 7) is 6.55. The summed E-state index contributed by atoms with van der Waals surface area (Å²) in [5, 5.41) is 0. The van der Waals surface area contributed by atoms with Crippen molar-refractivity contribution < 1.29 is 13.0 Å². The molecule has 3 nitrogen and oxygen atoms in total. The lowest BCUT2D eigenvalue weighted by Crippen LogP contribution is -2.04. The van der Waals surface area contributed by atoms with Crippen molar-refractivity contribution >= 4 is 10.1 Å². The van der Waals surface area contributed by atoms with E-state index in [1.165, 1.54) is 57.4 Å². The smallest absolute Gasteiger partial charge is 0.282 e. The standard InChI is InChI=1S/C21H36O3S/c1-4-5-6-9-12-18(2)13-10-7-8-11-14-20-17-19(3)15-16-21(20)25(22,23)24/h15-18H,4-14H2,1-3H3,(H,22,23,24). The molecule has 0 heterocycles. The Morgan fingerprint density at radius 2 is 1.56 bits per heavy atom. The Labute approximate surface area is 155 Å². The SMILES string of the molecule is CCCCCCC(C)CCCCCCc1cc(C)ccc1S(=O)(=O)O. The lowest BCUT2D eigenvalue weighted by atomic mass is 9.96. The van der Waals surface area contributed by atoms with Crippen molar-refractivity contribution in [3.05, 3.63) is 29.3 Å². The van der Waals surface area contributed by atoms with Crippen LogP contribution in [0, 0.1) is 12.8 Å². The van der Waals surface area contributed by atoms with E-state index in [2.05, 4.69) is 13.8 Å². The highest BCUT2D eigenvalue weighted by molar-refractivity contribution is 7.85. The molecular formula is C21H36O3S. The fraction of sp³-hybridized carbons (Fsp3) is 0.714. The Morgan fingerprint density at radius 3 is 2.16 bits per heavy atom. The lowest BCUT2D eigenvalue weighted by molar-refractivity contribution is 0.435. The maximum absolute atomic E-state index is 11.5. The minimum Gasteiger partial charge on any atom is -0.282 e. The van der Waals surface area contributed by atoms with Crippen LogP contribution in [0.5, 0.6) is 0 Å². The summed E-state index contributed by atoms with van der Waals surface area (Å²) in [5.41, 5.74) is 1.77. The zero-order chi connectivity index (χ0) is 18.7. The zero-order valence-corrected chi connectivity index (χ0v) is 17.1. The summed E-state index contributed by atoms with van der Waals surface area (Å²) in [6.07, 6.45) is 13.3. The van der Waals surface area contributed by atoms with Crippen molar-refractivity contribution in [2.75, 3.05) is 0 Å². The maximum atomic E-state index is 11.5. The van der Waals surface area contributed by atoms with Crippen LogP contribution in [0.3, 0.4) is 0 Å². The van der Waals surface area contributed by atoms with Gasteiger partial charge in [0.2, 0.25) is 0 Å². The molecule has 0 aromatic heterocycles. The molecule has 0 fully saturated rings. The summed E-state index contributed by atoms with van der Waals surface area (Å²) in [6, 6.07) is 5.12. The van der Waals surface area contributed by atoms with Gasteiger partial charge < -0.3 is 0 Å². The van der Waals surface area contributed by atoms with Crippen LogP contribution in [-0.2, 0) is 16.5 Å². The molecule has 1 unspecified atom stereocenters. The lowest BCUT2D eigenvalue weighted by Gasteiger charge is -2.11. The van der Waals surface area contributed by atoms with Crippen LogP contribution in [0.1, 0.15) is 89.2 Å². The van der Waals surface area contributed by atoms with Crippen molar-refractivity contribution in [3.8, 4) is 0 Å². The maximum Gasteiger partial charge on any atom is 0.294 e. The Morgan fingerprint density at radius 1 is 0.960 bits per heavy atom. The molecule has 1 N–H and O–H groups in total. The molecule has 0 spiro atoms. The van der Waals surface area contributed by atoms with E-state index < -0.39 is 10.1 Å². The van der Waals surface area contributed by atoms with Gasteiger partial charge in [0.1, 0.15) is 0 Å². The van der Waals surface area contributed by atoms with E-state index in [9.17, 15) is 13.0 Å². The minimum atomic E-state index is -4.12. The van der Waals surface area contributed by atoms with Crippen molar-refractivity contribution in [1.82, 2.24) is 0 Å². The molecule has 144 valence electrons. The topological polar surface area (TPSA) is 54.4 Å². The predicted molar refractivity (Wildman–Crippen MR) is 106 cm³/mol. The zero-order valence-electron chi connectivity index (χ0n) is 16.3. The molecule has 0 saturated heterocycles. The quantitative estimate of drug-likeness (QED) is 0.326. The third-order valence-electron chi connectivity index (χ3n) is 4.94. The number of rotatable bonds is 13. The number of hydrogen-bond donors (Lipinski definition) is 1. The largest absolute Gasteiger partial charge is 0.294 e. The summed E-state index contributed by atoms with van der Waals surface area (Å²) >= 11 is 0. The van der Waals surface area contributed by atoms with Gasteiger partial charge in [0.25, 0.3) is 10.1 Å². The fourth-order valence-electron chi connectivity index (χ4n) is 3.38. The van der Waals surface area contributed by atoms with Crippen molar-refractivity contribution in [1.29, 1.82) is 0 Å². The number of benzene rings is 1. The third kappa shape index (κ3) is 9.41. The summed E-state index contributed by atoms with van der Waals surface area (Å²) in [4.78, 5) is 0.0683. The molecule has 0 bridgehead atoms. The summed E-state index contributed by atoms with van der Waals surface area (Å²) in [7, 11) is -4.12. The number of hydrogen-bond acceptors (Lipinski definition) is 2. The van der Waals surface area contributed by atoms with Gasteiger partial charge in [0, 0.05) is 0 Å². The highest BCUT2D eigenvalue weighted by Gasteiger charge is 2.14. The van der Waals surface area contributed by atoms with Crippen LogP contribution in [0.4, 0.5) is 0 Å². The van der Waals surface area contributed by atoms with E-state index in [4.69, 9.17) is 0 Å². The highest BCUT2D eigenvalue weighted by Crippen LogP contribution is 2.21. The van der Waals surface area contributed by atoms with E-state index in [1.54, 1.807) is 6.07 Å². The Hall–Kier alpha value is -0.870. The second kappa shape index (κ2) is 11.7. The van der Waals surface area contributed by atoms with Gasteiger partial charge in [0.05, 0.1) is 4.90 Å². The van der Waals surface area contributed by atoms with E-state index in [1.807, 2.05) is 13.0 Å². The van der Waals surface area contributed by atoms with Gasteiger partial charge >= 0.3 is 0 Å². The molecule has 0 saturated carbocycles. The van der Waals surface area contributed by atoms with Gasteiger partial charge in [-0.2, -0.15) is 8.42 Å². The number of unbranched alkanes of at least 4 members (excludes halogenated alkanes) is 6. The summed E-state index contributed by atoms with van der Waals surface area (Å²) in [5.74, 6) is 0.819. The van der Waals surface area contributed by atoms with Crippen LogP contribution in [0.15, 0.2) is 23.1 Å². The van der Waals surface area contributed by atoms with Crippen LogP contribution in [-0.4, -0.2) is 13.0 Å². The molecule has 25 heavy (non-hydrogen) atoms. The highest BCUT2D eigenvalue weighted by atomic mass is 32.2. The van der Waals surface area contributed by atoms with Gasteiger partial charge in [0.15, 0.2) is 0 Å². The van der Waals surface area contributed by atoms with Crippen molar-refractivity contribution in [3.63, 3.8) is 0 Å². The molecule has 1 rings (SSSR count). The normalized spacial score (nSPS) is 13.1. The Bertz CT molecular complexity index is 593. The van der Waals surface area contributed by atoms with Crippen LogP contribution in [0.2, 0.25) is 0 Å². The van der Waals surface area contributed by atoms with E-state index in [0.717, 1.165) is 29.9 Å². The Balaban J connectivity index is 2.25. The third-order valence-corrected chi connectivity index (χ3v) is 5.89.